The van der Waals surface area contributed by atoms with Crippen molar-refractivity contribution in [3.05, 3.63) is 94.7 Å². The van der Waals surface area contributed by atoms with Gasteiger partial charge in [0.05, 0.1) is 9.82 Å². The van der Waals surface area contributed by atoms with E-state index >= 15 is 0 Å². The molecule has 0 bridgehead atoms. The lowest BCUT2D eigenvalue weighted by molar-refractivity contribution is -0.385. The van der Waals surface area contributed by atoms with Crippen LogP contribution in [-0.4, -0.2) is 17.3 Å². The average molecular weight is 430 g/mol. The highest BCUT2D eigenvalue weighted by Gasteiger charge is 2.26. The molecule has 0 aliphatic carbocycles. The van der Waals surface area contributed by atoms with E-state index in [0.29, 0.717) is 11.5 Å². The Kier molecular flexibility index (Phi) is 4.70. The molecule has 0 radical (unpaired) electrons. The lowest BCUT2D eigenvalue weighted by atomic mass is 10.2. The Morgan fingerprint density at radius 1 is 0.933 bits per heavy atom. The second-order valence-corrected chi connectivity index (χ2v) is 8.01. The SMILES string of the molecule is O=[N+]([O-])c1ccc(F)c(F)c1Oc1cccc2ccn(S(=O)(=O)c3ccccc3)c12. The maximum atomic E-state index is 14.3. The van der Waals surface area contributed by atoms with Crippen LogP contribution < -0.4 is 4.74 Å². The molecule has 3 aromatic carbocycles. The molecule has 7 nitrogen and oxygen atoms in total. The highest BCUT2D eigenvalue weighted by molar-refractivity contribution is 7.90. The number of benzene rings is 3. The predicted octanol–water partition coefficient (Wildman–Crippen LogP) is 4.86. The van der Waals surface area contributed by atoms with E-state index in [-0.39, 0.29) is 16.2 Å². The molecule has 0 fully saturated rings. The molecule has 0 unspecified atom stereocenters. The Hall–Kier alpha value is -3.79. The first-order chi connectivity index (χ1) is 14.3. The summed E-state index contributed by atoms with van der Waals surface area (Å²) in [6.45, 7) is 0. The van der Waals surface area contributed by atoms with Gasteiger partial charge in [0.15, 0.2) is 11.6 Å². The smallest absolute Gasteiger partial charge is 0.314 e. The first kappa shape index (κ1) is 19.5. The summed E-state index contributed by atoms with van der Waals surface area (Å²) in [4.78, 5) is 10.3. The molecule has 0 amide bonds. The van der Waals surface area contributed by atoms with Crippen LogP contribution in [0.2, 0.25) is 0 Å². The quantitative estimate of drug-likeness (QED) is 0.333. The van der Waals surface area contributed by atoms with Gasteiger partial charge in [-0.3, -0.25) is 10.1 Å². The Bertz CT molecular complexity index is 1390. The summed E-state index contributed by atoms with van der Waals surface area (Å²) in [5.41, 5.74) is -0.769. The van der Waals surface area contributed by atoms with Crippen LogP contribution in [0.3, 0.4) is 0 Å². The Labute approximate surface area is 169 Å². The van der Waals surface area contributed by atoms with Crippen molar-refractivity contribution in [3.63, 3.8) is 0 Å². The molecule has 0 aliphatic heterocycles. The minimum Gasteiger partial charge on any atom is -0.445 e. The van der Waals surface area contributed by atoms with Crippen LogP contribution in [0, 0.1) is 21.7 Å². The average Bonchev–Trinajstić information content (AvgIpc) is 3.18. The summed E-state index contributed by atoms with van der Waals surface area (Å²) in [5, 5.41) is 11.7. The number of halogens is 2. The maximum absolute atomic E-state index is 14.3. The van der Waals surface area contributed by atoms with Crippen molar-refractivity contribution in [1.82, 2.24) is 3.97 Å². The lowest BCUT2D eigenvalue weighted by Crippen LogP contribution is -2.12. The van der Waals surface area contributed by atoms with Crippen LogP contribution in [0.5, 0.6) is 11.5 Å². The summed E-state index contributed by atoms with van der Waals surface area (Å²) in [6, 6.07) is 14.9. The fourth-order valence-corrected chi connectivity index (χ4v) is 4.38. The third-order valence-corrected chi connectivity index (χ3v) is 6.07. The fourth-order valence-electron chi connectivity index (χ4n) is 2.99. The number of nitro benzene ring substituents is 1. The van der Waals surface area contributed by atoms with Crippen LogP contribution in [0.25, 0.3) is 10.9 Å². The molecule has 0 atom stereocenters. The molecule has 0 aliphatic rings. The third kappa shape index (κ3) is 3.16. The number of hydrogen-bond donors (Lipinski definition) is 0. The number of aromatic nitrogens is 1. The van der Waals surface area contributed by atoms with Gasteiger partial charge in [0.1, 0.15) is 5.52 Å². The van der Waals surface area contributed by atoms with Gasteiger partial charge < -0.3 is 4.74 Å². The molecule has 4 aromatic rings. The normalized spacial score (nSPS) is 11.5. The molecule has 1 heterocycles. The van der Waals surface area contributed by atoms with Crippen molar-refractivity contribution >= 4 is 26.6 Å². The number of ether oxygens (including phenoxy) is 1. The Morgan fingerprint density at radius 3 is 2.37 bits per heavy atom. The molecule has 0 saturated carbocycles. The number of nitro groups is 1. The number of hydrogen-bond acceptors (Lipinski definition) is 5. The Balaban J connectivity index is 1.93. The first-order valence-electron chi connectivity index (χ1n) is 8.51. The highest BCUT2D eigenvalue weighted by Crippen LogP contribution is 2.38. The van der Waals surface area contributed by atoms with Crippen LogP contribution in [0.1, 0.15) is 0 Å². The molecular formula is C20H12F2N2O5S. The van der Waals surface area contributed by atoms with E-state index in [1.54, 1.807) is 24.3 Å². The van der Waals surface area contributed by atoms with E-state index in [1.165, 1.54) is 36.5 Å². The van der Waals surface area contributed by atoms with Gasteiger partial charge in [-0.25, -0.2) is 16.8 Å². The molecule has 1 aromatic heterocycles. The predicted molar refractivity (Wildman–Crippen MR) is 104 cm³/mol. The largest absolute Gasteiger partial charge is 0.445 e. The molecule has 4 rings (SSSR count). The molecule has 0 N–H and O–H groups in total. The minimum atomic E-state index is -4.05. The van der Waals surface area contributed by atoms with Gasteiger partial charge in [0.25, 0.3) is 10.0 Å². The molecular weight excluding hydrogens is 418 g/mol. The summed E-state index contributed by atoms with van der Waals surface area (Å²) in [6.07, 6.45) is 1.29. The van der Waals surface area contributed by atoms with E-state index in [9.17, 15) is 27.3 Å². The van der Waals surface area contributed by atoms with Gasteiger partial charge in [-0.05, 0) is 30.3 Å². The van der Waals surface area contributed by atoms with E-state index < -0.39 is 38.0 Å². The molecule has 0 spiro atoms. The van der Waals surface area contributed by atoms with Crippen molar-refractivity contribution in [3.8, 4) is 11.5 Å². The number of rotatable bonds is 5. The zero-order valence-electron chi connectivity index (χ0n) is 15.0. The molecule has 0 saturated heterocycles. The van der Waals surface area contributed by atoms with E-state index in [1.807, 2.05) is 0 Å². The standard InChI is InChI=1S/C20H12F2N2O5S/c21-15-9-10-16(24(25)26)20(18(15)22)29-17-8-4-5-13-11-12-23(19(13)17)30(27,28)14-6-2-1-3-7-14/h1-12H. The minimum absolute atomic E-state index is 0.000203. The van der Waals surface area contributed by atoms with Crippen molar-refractivity contribution in [2.24, 2.45) is 0 Å². The van der Waals surface area contributed by atoms with Gasteiger partial charge in [0.2, 0.25) is 11.6 Å². The summed E-state index contributed by atoms with van der Waals surface area (Å²) >= 11 is 0. The van der Waals surface area contributed by atoms with Crippen molar-refractivity contribution in [1.29, 1.82) is 0 Å². The molecule has 152 valence electrons. The van der Waals surface area contributed by atoms with E-state index in [2.05, 4.69) is 0 Å². The van der Waals surface area contributed by atoms with Crippen molar-refractivity contribution < 1.29 is 26.9 Å². The summed E-state index contributed by atoms with van der Waals surface area (Å²) in [5.74, 6) is -4.03. The molecule has 10 heteroatoms. The Morgan fingerprint density at radius 2 is 1.67 bits per heavy atom. The zero-order valence-corrected chi connectivity index (χ0v) is 15.8. The maximum Gasteiger partial charge on any atom is 0.314 e. The second-order valence-electron chi connectivity index (χ2n) is 6.19. The van der Waals surface area contributed by atoms with E-state index in [4.69, 9.17) is 4.74 Å². The summed E-state index contributed by atoms with van der Waals surface area (Å²) in [7, 11) is -4.05. The van der Waals surface area contributed by atoms with Gasteiger partial charge in [-0.2, -0.15) is 4.39 Å². The van der Waals surface area contributed by atoms with E-state index in [0.717, 1.165) is 10.0 Å². The number of nitrogens with zero attached hydrogens (tertiary/aromatic N) is 2. The van der Waals surface area contributed by atoms with Crippen LogP contribution in [0.4, 0.5) is 14.5 Å². The second kappa shape index (κ2) is 7.23. The van der Waals surface area contributed by atoms with Gasteiger partial charge in [-0.1, -0.05) is 30.3 Å². The number of fused-ring (bicyclic) bond motifs is 1. The monoisotopic (exact) mass is 430 g/mol. The first-order valence-corrected chi connectivity index (χ1v) is 9.95. The van der Waals surface area contributed by atoms with Crippen LogP contribution in [-0.2, 0) is 10.0 Å². The van der Waals surface area contributed by atoms with Gasteiger partial charge in [-0.15, -0.1) is 0 Å². The van der Waals surface area contributed by atoms with Gasteiger partial charge >= 0.3 is 5.69 Å². The fraction of sp³-hybridized carbons (Fsp3) is 0. The van der Waals surface area contributed by atoms with Crippen LogP contribution >= 0.6 is 0 Å². The zero-order chi connectivity index (χ0) is 21.5. The molecule has 30 heavy (non-hydrogen) atoms. The van der Waals surface area contributed by atoms with Gasteiger partial charge in [0, 0.05) is 17.6 Å². The van der Waals surface area contributed by atoms with Crippen LogP contribution in [0.15, 0.2) is 77.8 Å². The van der Waals surface area contributed by atoms with Crippen molar-refractivity contribution in [2.75, 3.05) is 0 Å². The number of para-hydroxylation sites is 1. The highest BCUT2D eigenvalue weighted by atomic mass is 32.2. The summed E-state index contributed by atoms with van der Waals surface area (Å²) < 4.78 is 60.5. The third-order valence-electron chi connectivity index (χ3n) is 4.38. The lowest BCUT2D eigenvalue weighted by Gasteiger charge is -2.12. The van der Waals surface area contributed by atoms with Crippen molar-refractivity contribution in [2.45, 2.75) is 4.90 Å². The topological polar surface area (TPSA) is 91.4 Å².